The molecule has 0 atom stereocenters. The van der Waals surface area contributed by atoms with Crippen molar-refractivity contribution in [3.05, 3.63) is 30.6 Å². The van der Waals surface area contributed by atoms with E-state index in [1.807, 2.05) is 0 Å². The molecule has 0 radical (unpaired) electrons. The third-order valence-corrected chi connectivity index (χ3v) is 0. The molecule has 0 aromatic heterocycles. The van der Waals surface area contributed by atoms with Gasteiger partial charge >= 0.3 is 20.4 Å². The van der Waals surface area contributed by atoms with Gasteiger partial charge in [0.25, 0.3) is 0 Å². The molecule has 0 unspecified atom stereocenters. The number of carbonyl (C=O) groups excluding carboxylic acids is 1. The Morgan fingerprint density at radius 3 is 0.923 bits per heavy atom. The van der Waals surface area contributed by atoms with E-state index in [1.54, 1.807) is 0 Å². The average molecular weight is 289 g/mol. The predicted octanol–water partition coefficient (Wildman–Crippen LogP) is 0.115. The van der Waals surface area contributed by atoms with Crippen molar-refractivity contribution < 1.29 is 35.4 Å². The molecule has 0 aliphatic heterocycles. The Morgan fingerprint density at radius 2 is 0.923 bits per heavy atom. The van der Waals surface area contributed by atoms with Gasteiger partial charge in [-0.3, -0.25) is 0 Å². The molecule has 0 aliphatic rings. The summed E-state index contributed by atoms with van der Waals surface area (Å²) in [6.45, 7) is 3.06. The van der Waals surface area contributed by atoms with Gasteiger partial charge in [0.1, 0.15) is 5.78 Å². The van der Waals surface area contributed by atoms with E-state index >= 15 is 0 Å². The molecular weight excluding hydrogens is 282 g/mol. The Balaban J connectivity index is -0.0000000450. The molecule has 0 saturated carbocycles. The quantitative estimate of drug-likeness (QED) is 0.348. The molecule has 0 fully saturated rings. The van der Waals surface area contributed by atoms with Gasteiger partial charge in [0.05, 0.1) is 10.2 Å². The smallest absolute Gasteiger partial charge is 0.356 e. The zero-order chi connectivity index (χ0) is 10.7. The first-order valence-electron chi connectivity index (χ1n) is 2.30. The Morgan fingerprint density at radius 1 is 0.923 bits per heavy atom. The summed E-state index contributed by atoms with van der Waals surface area (Å²) in [4.78, 5) is 25.9. The van der Waals surface area contributed by atoms with Crippen LogP contribution in [0.3, 0.4) is 0 Å². The molecule has 0 rings (SSSR count). The standard InChI is InChI=1S/C3H6O.2NO3.Pd/c1-3(2)4;2*2-1(3)4;/h1-2H3;;;/q;2*-1;+2. The van der Waals surface area contributed by atoms with E-state index in [2.05, 4.69) is 0 Å². The van der Waals surface area contributed by atoms with Gasteiger partial charge in [0.2, 0.25) is 0 Å². The van der Waals surface area contributed by atoms with Crippen LogP contribution in [0.4, 0.5) is 0 Å². The fraction of sp³-hybridized carbons (Fsp3) is 0.667. The second-order valence-corrected chi connectivity index (χ2v) is 1.36. The normalized spacial score (nSPS) is 5.69. The van der Waals surface area contributed by atoms with Crippen molar-refractivity contribution in [2.75, 3.05) is 0 Å². The van der Waals surface area contributed by atoms with Gasteiger partial charge in [-0.1, -0.05) is 0 Å². The van der Waals surface area contributed by atoms with Crippen molar-refractivity contribution in [2.24, 2.45) is 0 Å². The molecule has 0 amide bonds. The second kappa shape index (κ2) is 17.0. The second-order valence-electron chi connectivity index (χ2n) is 1.36. The maximum atomic E-state index is 9.44. The largest absolute Gasteiger partial charge is 2.00 e. The molecule has 0 aliphatic carbocycles. The third kappa shape index (κ3) is 509. The minimum Gasteiger partial charge on any atom is -0.356 e. The number of ketones is 1. The van der Waals surface area contributed by atoms with E-state index in [1.165, 1.54) is 13.8 Å². The summed E-state index contributed by atoms with van der Waals surface area (Å²) in [6, 6.07) is 0. The number of carbonyl (C=O) groups is 1. The van der Waals surface area contributed by atoms with E-state index in [-0.39, 0.29) is 26.2 Å². The van der Waals surface area contributed by atoms with Gasteiger partial charge < -0.3 is 35.4 Å². The summed E-state index contributed by atoms with van der Waals surface area (Å²) >= 11 is 0. The Kier molecular flexibility index (Phi) is 29.6. The van der Waals surface area contributed by atoms with Crippen LogP contribution < -0.4 is 0 Å². The molecule has 80 valence electrons. The van der Waals surface area contributed by atoms with E-state index < -0.39 is 10.2 Å². The number of nitrogens with zero attached hydrogens (tertiary/aromatic N) is 2. The van der Waals surface area contributed by atoms with E-state index in [9.17, 15) is 4.79 Å². The van der Waals surface area contributed by atoms with Gasteiger partial charge in [0, 0.05) is 0 Å². The van der Waals surface area contributed by atoms with Crippen LogP contribution >= 0.6 is 0 Å². The fourth-order valence-electron chi connectivity index (χ4n) is 0. The summed E-state index contributed by atoms with van der Waals surface area (Å²) in [6.07, 6.45) is 0. The van der Waals surface area contributed by atoms with E-state index in [4.69, 9.17) is 30.6 Å². The molecule has 0 spiro atoms. The zero-order valence-electron chi connectivity index (χ0n) is 6.57. The van der Waals surface area contributed by atoms with Crippen molar-refractivity contribution in [3.8, 4) is 0 Å². The maximum absolute atomic E-state index is 9.44. The Bertz CT molecular complexity index is 119. The van der Waals surface area contributed by atoms with Gasteiger partial charge in [-0.2, -0.15) is 0 Å². The topological polar surface area (TPSA) is 149 Å². The molecular formula is C3H6N2O7Pd. The molecule has 0 aromatic rings. The summed E-state index contributed by atoms with van der Waals surface area (Å²) in [7, 11) is 0. The van der Waals surface area contributed by atoms with Gasteiger partial charge in [-0.05, 0) is 13.8 Å². The fourth-order valence-corrected chi connectivity index (χ4v) is 0. The molecule has 0 bridgehead atoms. The third-order valence-electron chi connectivity index (χ3n) is 0. The van der Waals surface area contributed by atoms with Crippen molar-refractivity contribution in [1.29, 1.82) is 0 Å². The zero-order valence-corrected chi connectivity index (χ0v) is 8.12. The average Bonchev–Trinajstić information content (AvgIpc) is 1.54. The van der Waals surface area contributed by atoms with Gasteiger partial charge in [-0.15, -0.1) is 0 Å². The van der Waals surface area contributed by atoms with Gasteiger partial charge in [0.15, 0.2) is 0 Å². The van der Waals surface area contributed by atoms with Crippen LogP contribution in [0.25, 0.3) is 0 Å². The molecule has 0 heterocycles. The minimum atomic E-state index is -1.75. The number of rotatable bonds is 0. The first-order valence-corrected chi connectivity index (χ1v) is 2.30. The molecule has 9 nitrogen and oxygen atoms in total. The van der Waals surface area contributed by atoms with E-state index in [0.717, 1.165) is 0 Å². The summed E-state index contributed by atoms with van der Waals surface area (Å²) < 4.78 is 0. The summed E-state index contributed by atoms with van der Waals surface area (Å²) in [5.74, 6) is 0.167. The van der Waals surface area contributed by atoms with Crippen LogP contribution in [0.5, 0.6) is 0 Å². The first kappa shape index (κ1) is 22.6. The molecule has 0 aromatic carbocycles. The minimum absolute atomic E-state index is 0. The van der Waals surface area contributed by atoms with Gasteiger partial charge in [-0.25, -0.2) is 0 Å². The number of hydrogen-bond acceptors (Lipinski definition) is 7. The molecule has 0 N–H and O–H groups in total. The Labute approximate surface area is 86.2 Å². The monoisotopic (exact) mass is 288 g/mol. The predicted molar refractivity (Wildman–Crippen MR) is 37.1 cm³/mol. The van der Waals surface area contributed by atoms with Crippen molar-refractivity contribution >= 4 is 5.78 Å². The molecule has 0 saturated heterocycles. The van der Waals surface area contributed by atoms with Crippen LogP contribution in [0.2, 0.25) is 0 Å². The SMILES string of the molecule is CC(C)=O.O=[N+]([O-])[O-].O=[N+]([O-])[O-].[Pd+2]. The number of Topliss-reactive ketones (excluding diaryl/α,β-unsaturated/α-hetero) is 1. The van der Waals surface area contributed by atoms with Crippen LogP contribution in [0.1, 0.15) is 13.8 Å². The van der Waals surface area contributed by atoms with Crippen LogP contribution in [0, 0.1) is 30.6 Å². The summed E-state index contributed by atoms with van der Waals surface area (Å²) in [5, 5.41) is 29.5. The van der Waals surface area contributed by atoms with Crippen LogP contribution in [-0.2, 0) is 25.2 Å². The maximum Gasteiger partial charge on any atom is 2.00 e. The molecule has 10 heteroatoms. The van der Waals surface area contributed by atoms with E-state index in [0.29, 0.717) is 0 Å². The van der Waals surface area contributed by atoms with Crippen molar-refractivity contribution in [2.45, 2.75) is 13.8 Å². The number of hydrogen-bond donors (Lipinski definition) is 0. The summed E-state index contributed by atoms with van der Waals surface area (Å²) in [5.41, 5.74) is 0. The van der Waals surface area contributed by atoms with Crippen molar-refractivity contribution in [3.63, 3.8) is 0 Å². The van der Waals surface area contributed by atoms with Crippen LogP contribution in [-0.4, -0.2) is 16.0 Å². The van der Waals surface area contributed by atoms with Crippen LogP contribution in [0.15, 0.2) is 0 Å². The van der Waals surface area contributed by atoms with Crippen molar-refractivity contribution in [1.82, 2.24) is 0 Å². The first-order chi connectivity index (χ1) is 5.20. The molecule has 13 heavy (non-hydrogen) atoms. The Hall–Kier alpha value is -1.27.